The van der Waals surface area contributed by atoms with Crippen molar-refractivity contribution >= 4 is 34.6 Å². The molecule has 0 aliphatic carbocycles. The van der Waals surface area contributed by atoms with E-state index in [9.17, 15) is 4.79 Å². The standard InChI is InChI=1S/C26H24ClN3O/c1-19-23(17-28-29-26(31)16-15-20-9-3-2-4-10-20)22-12-6-8-14-25(22)30(19)18-21-11-5-7-13-24(21)27/h2-14,17H,15-16,18H2,1H3,(H,29,31)/b28-17-. The predicted molar refractivity (Wildman–Crippen MR) is 128 cm³/mol. The minimum absolute atomic E-state index is 0.0995. The van der Waals surface area contributed by atoms with Gasteiger partial charge in [0, 0.05) is 40.1 Å². The molecule has 0 saturated carbocycles. The Hall–Kier alpha value is -3.37. The maximum Gasteiger partial charge on any atom is 0.240 e. The van der Waals surface area contributed by atoms with Crippen LogP contribution in [-0.4, -0.2) is 16.7 Å². The summed E-state index contributed by atoms with van der Waals surface area (Å²) in [6.45, 7) is 2.73. The van der Waals surface area contributed by atoms with Crippen LogP contribution in [0, 0.1) is 6.92 Å². The number of hydrazone groups is 1. The van der Waals surface area contributed by atoms with Crippen LogP contribution in [0.1, 0.15) is 28.8 Å². The largest absolute Gasteiger partial charge is 0.340 e. The number of halogens is 1. The lowest BCUT2D eigenvalue weighted by Crippen LogP contribution is -2.18. The van der Waals surface area contributed by atoms with E-state index in [0.717, 1.165) is 38.3 Å². The van der Waals surface area contributed by atoms with Gasteiger partial charge in [-0.1, -0.05) is 78.3 Å². The molecule has 1 aromatic heterocycles. The lowest BCUT2D eigenvalue weighted by Gasteiger charge is -2.10. The number of hydrogen-bond donors (Lipinski definition) is 1. The second-order valence-electron chi connectivity index (χ2n) is 7.47. The molecular formula is C26H24ClN3O. The lowest BCUT2D eigenvalue weighted by molar-refractivity contribution is -0.121. The van der Waals surface area contributed by atoms with Crippen molar-refractivity contribution in [3.63, 3.8) is 0 Å². The van der Waals surface area contributed by atoms with E-state index in [-0.39, 0.29) is 5.91 Å². The second kappa shape index (κ2) is 9.63. The summed E-state index contributed by atoms with van der Waals surface area (Å²) >= 11 is 6.39. The van der Waals surface area contributed by atoms with Gasteiger partial charge in [0.2, 0.25) is 5.91 Å². The second-order valence-corrected chi connectivity index (χ2v) is 7.88. The van der Waals surface area contributed by atoms with Crippen LogP contribution in [0.2, 0.25) is 5.02 Å². The highest BCUT2D eigenvalue weighted by molar-refractivity contribution is 6.31. The van der Waals surface area contributed by atoms with E-state index in [1.54, 1.807) is 6.21 Å². The van der Waals surface area contributed by atoms with Crippen LogP contribution in [-0.2, 0) is 17.8 Å². The number of carbonyl (C=O) groups excluding carboxylic acids is 1. The van der Waals surface area contributed by atoms with E-state index in [1.807, 2.05) is 66.7 Å². The molecule has 0 unspecified atom stereocenters. The van der Waals surface area contributed by atoms with E-state index in [2.05, 4.69) is 34.2 Å². The Morgan fingerprint density at radius 1 is 1.00 bits per heavy atom. The van der Waals surface area contributed by atoms with Crippen molar-refractivity contribution < 1.29 is 4.79 Å². The van der Waals surface area contributed by atoms with Gasteiger partial charge >= 0.3 is 0 Å². The highest BCUT2D eigenvalue weighted by Gasteiger charge is 2.13. The Labute approximate surface area is 187 Å². The van der Waals surface area contributed by atoms with Gasteiger partial charge in [-0.15, -0.1) is 0 Å². The van der Waals surface area contributed by atoms with E-state index in [4.69, 9.17) is 11.6 Å². The first-order valence-electron chi connectivity index (χ1n) is 10.3. The third-order valence-electron chi connectivity index (χ3n) is 5.43. The number of aromatic nitrogens is 1. The number of carbonyl (C=O) groups is 1. The summed E-state index contributed by atoms with van der Waals surface area (Å²) in [5, 5.41) is 6.08. The Balaban J connectivity index is 1.52. The minimum Gasteiger partial charge on any atom is -0.340 e. The SMILES string of the molecule is Cc1c(/C=N\NC(=O)CCc2ccccc2)c2ccccc2n1Cc1ccccc1Cl. The molecule has 3 aromatic carbocycles. The number of amides is 1. The molecule has 0 bridgehead atoms. The van der Waals surface area contributed by atoms with Crippen LogP contribution in [0.3, 0.4) is 0 Å². The predicted octanol–water partition coefficient (Wildman–Crippen LogP) is 5.73. The first-order chi connectivity index (χ1) is 15.1. The molecule has 5 heteroatoms. The third kappa shape index (κ3) is 4.86. The Morgan fingerprint density at radius 3 is 2.52 bits per heavy atom. The Kier molecular flexibility index (Phi) is 6.48. The number of benzene rings is 3. The molecule has 0 saturated heterocycles. The normalized spacial score (nSPS) is 11.3. The molecule has 0 radical (unpaired) electrons. The quantitative estimate of drug-likeness (QED) is 0.296. The maximum atomic E-state index is 12.2. The molecule has 0 fully saturated rings. The van der Waals surface area contributed by atoms with E-state index >= 15 is 0 Å². The summed E-state index contributed by atoms with van der Waals surface area (Å²) in [6, 6.07) is 26.1. The van der Waals surface area contributed by atoms with Crippen LogP contribution in [0.4, 0.5) is 0 Å². The van der Waals surface area contributed by atoms with Gasteiger partial charge in [-0.2, -0.15) is 5.10 Å². The van der Waals surface area contributed by atoms with Crippen molar-refractivity contribution in [1.29, 1.82) is 0 Å². The van der Waals surface area contributed by atoms with Crippen molar-refractivity contribution in [1.82, 2.24) is 9.99 Å². The summed E-state index contributed by atoms with van der Waals surface area (Å²) in [4.78, 5) is 12.2. The summed E-state index contributed by atoms with van der Waals surface area (Å²) < 4.78 is 2.23. The molecule has 0 aliphatic rings. The van der Waals surface area contributed by atoms with Gasteiger partial charge in [0.25, 0.3) is 0 Å². The van der Waals surface area contributed by atoms with Gasteiger partial charge in [-0.3, -0.25) is 4.79 Å². The van der Waals surface area contributed by atoms with Gasteiger partial charge in [0.05, 0.1) is 6.21 Å². The summed E-state index contributed by atoms with van der Waals surface area (Å²) in [7, 11) is 0. The Morgan fingerprint density at radius 2 is 1.71 bits per heavy atom. The van der Waals surface area contributed by atoms with E-state index < -0.39 is 0 Å². The zero-order valence-electron chi connectivity index (χ0n) is 17.4. The number of nitrogens with one attached hydrogen (secondary N) is 1. The molecule has 0 spiro atoms. The molecule has 156 valence electrons. The first kappa shape index (κ1) is 20.9. The highest BCUT2D eigenvalue weighted by atomic mass is 35.5. The zero-order valence-corrected chi connectivity index (χ0v) is 18.1. The molecule has 1 N–H and O–H groups in total. The van der Waals surface area contributed by atoms with Gasteiger partial charge in [0.15, 0.2) is 0 Å². The van der Waals surface area contributed by atoms with Crippen molar-refractivity contribution in [2.24, 2.45) is 5.10 Å². The van der Waals surface area contributed by atoms with Crippen molar-refractivity contribution in [2.75, 3.05) is 0 Å². The molecule has 0 aliphatic heterocycles. The number of fused-ring (bicyclic) bond motifs is 1. The third-order valence-corrected chi connectivity index (χ3v) is 5.80. The number of nitrogens with zero attached hydrogens (tertiary/aromatic N) is 2. The van der Waals surface area contributed by atoms with Crippen LogP contribution in [0.5, 0.6) is 0 Å². The zero-order chi connectivity index (χ0) is 21.6. The fraction of sp³-hybridized carbons (Fsp3) is 0.154. The molecule has 0 atom stereocenters. The van der Waals surface area contributed by atoms with Crippen LogP contribution in [0.15, 0.2) is 84.0 Å². The van der Waals surface area contributed by atoms with Crippen molar-refractivity contribution in [2.45, 2.75) is 26.3 Å². The average molecular weight is 430 g/mol. The average Bonchev–Trinajstić information content (AvgIpc) is 3.06. The number of rotatable bonds is 7. The number of hydrogen-bond acceptors (Lipinski definition) is 2. The fourth-order valence-corrected chi connectivity index (χ4v) is 3.94. The minimum atomic E-state index is -0.0995. The van der Waals surface area contributed by atoms with Gasteiger partial charge < -0.3 is 4.57 Å². The van der Waals surface area contributed by atoms with Crippen LogP contribution < -0.4 is 5.43 Å². The number of para-hydroxylation sites is 1. The lowest BCUT2D eigenvalue weighted by atomic mass is 10.1. The van der Waals surface area contributed by atoms with Gasteiger partial charge in [-0.25, -0.2) is 5.43 Å². The topological polar surface area (TPSA) is 46.4 Å². The van der Waals surface area contributed by atoms with Gasteiger partial charge in [0.1, 0.15) is 0 Å². The highest BCUT2D eigenvalue weighted by Crippen LogP contribution is 2.27. The summed E-state index contributed by atoms with van der Waals surface area (Å²) in [6.07, 6.45) is 2.83. The molecule has 31 heavy (non-hydrogen) atoms. The maximum absolute atomic E-state index is 12.2. The van der Waals surface area contributed by atoms with E-state index in [0.29, 0.717) is 19.4 Å². The van der Waals surface area contributed by atoms with Crippen LogP contribution in [0.25, 0.3) is 10.9 Å². The number of aryl methyl sites for hydroxylation is 1. The Bertz CT molecular complexity index is 1230. The fourth-order valence-electron chi connectivity index (χ4n) is 3.75. The molecule has 1 heterocycles. The summed E-state index contributed by atoms with van der Waals surface area (Å²) in [5.41, 5.74) is 8.03. The molecular weight excluding hydrogens is 406 g/mol. The van der Waals surface area contributed by atoms with E-state index in [1.165, 1.54) is 0 Å². The van der Waals surface area contributed by atoms with Crippen molar-refractivity contribution in [3.05, 3.63) is 106 Å². The molecule has 4 nitrogen and oxygen atoms in total. The summed E-state index contributed by atoms with van der Waals surface area (Å²) in [5.74, 6) is -0.0995. The molecule has 4 aromatic rings. The molecule has 4 rings (SSSR count). The van der Waals surface area contributed by atoms with Crippen LogP contribution >= 0.6 is 11.6 Å². The molecule has 1 amide bonds. The smallest absolute Gasteiger partial charge is 0.240 e. The van der Waals surface area contributed by atoms with Crippen molar-refractivity contribution in [3.8, 4) is 0 Å². The van der Waals surface area contributed by atoms with Gasteiger partial charge in [-0.05, 0) is 36.6 Å². The first-order valence-corrected chi connectivity index (χ1v) is 10.7. The monoisotopic (exact) mass is 429 g/mol.